The molecule has 0 radical (unpaired) electrons. The van der Waals surface area contributed by atoms with E-state index in [-0.39, 0.29) is 11.9 Å². The van der Waals surface area contributed by atoms with Crippen LogP contribution in [0, 0.1) is 0 Å². The zero-order valence-corrected chi connectivity index (χ0v) is 12.6. The van der Waals surface area contributed by atoms with Crippen LogP contribution in [0.2, 0.25) is 5.15 Å². The largest absolute Gasteiger partial charge is 0.450 e. The Labute approximate surface area is 128 Å². The van der Waals surface area contributed by atoms with Crippen LogP contribution in [0.3, 0.4) is 0 Å². The number of hydrogen-bond acceptors (Lipinski definition) is 4. The van der Waals surface area contributed by atoms with Crippen LogP contribution in [0.15, 0.2) is 18.3 Å². The first kappa shape index (κ1) is 15.6. The van der Waals surface area contributed by atoms with Gasteiger partial charge in [0.15, 0.2) is 0 Å². The number of ether oxygens (including phenoxy) is 1. The molecule has 2 rings (SSSR count). The maximum absolute atomic E-state index is 12.4. The van der Waals surface area contributed by atoms with E-state index in [9.17, 15) is 9.59 Å². The van der Waals surface area contributed by atoms with Gasteiger partial charge in [-0.1, -0.05) is 11.6 Å². The summed E-state index contributed by atoms with van der Waals surface area (Å²) < 4.78 is 4.86. The summed E-state index contributed by atoms with van der Waals surface area (Å²) in [7, 11) is 0. The number of halogens is 1. The number of nitrogens with zero attached hydrogens (tertiary/aromatic N) is 2. The van der Waals surface area contributed by atoms with Crippen molar-refractivity contribution in [3.8, 4) is 0 Å². The van der Waals surface area contributed by atoms with Crippen LogP contribution in [-0.2, 0) is 4.74 Å². The topological polar surface area (TPSA) is 71.5 Å². The van der Waals surface area contributed by atoms with Crippen LogP contribution in [0.1, 0.15) is 30.1 Å². The van der Waals surface area contributed by atoms with Gasteiger partial charge in [-0.3, -0.25) is 4.79 Å². The Morgan fingerprint density at radius 1 is 1.57 bits per heavy atom. The van der Waals surface area contributed by atoms with Gasteiger partial charge in [0.2, 0.25) is 0 Å². The fourth-order valence-corrected chi connectivity index (χ4v) is 2.51. The van der Waals surface area contributed by atoms with Crippen molar-refractivity contribution in [2.75, 3.05) is 19.7 Å². The van der Waals surface area contributed by atoms with E-state index >= 15 is 0 Å². The number of nitrogens with one attached hydrogen (secondary N) is 1. The summed E-state index contributed by atoms with van der Waals surface area (Å²) in [6.45, 7) is 3.22. The average Bonchev–Trinajstić information content (AvgIpc) is 2.47. The van der Waals surface area contributed by atoms with E-state index < -0.39 is 6.09 Å². The first-order chi connectivity index (χ1) is 10.1. The summed E-state index contributed by atoms with van der Waals surface area (Å²) in [5.74, 6) is -0.102. The van der Waals surface area contributed by atoms with Crippen molar-refractivity contribution < 1.29 is 14.3 Å². The van der Waals surface area contributed by atoms with Gasteiger partial charge in [-0.05, 0) is 31.9 Å². The van der Waals surface area contributed by atoms with Gasteiger partial charge in [-0.2, -0.15) is 0 Å². The fourth-order valence-electron chi connectivity index (χ4n) is 2.34. The zero-order valence-electron chi connectivity index (χ0n) is 11.8. The van der Waals surface area contributed by atoms with E-state index in [1.54, 1.807) is 24.0 Å². The van der Waals surface area contributed by atoms with E-state index in [2.05, 4.69) is 10.3 Å². The lowest BCUT2D eigenvalue weighted by atomic mass is 10.0. The van der Waals surface area contributed by atoms with Gasteiger partial charge in [0, 0.05) is 30.9 Å². The highest BCUT2D eigenvalue weighted by atomic mass is 35.5. The van der Waals surface area contributed by atoms with E-state index in [4.69, 9.17) is 16.3 Å². The molecular formula is C14H18ClN3O3. The van der Waals surface area contributed by atoms with Gasteiger partial charge in [0.25, 0.3) is 5.91 Å². The number of pyridine rings is 1. The summed E-state index contributed by atoms with van der Waals surface area (Å²) >= 11 is 5.80. The van der Waals surface area contributed by atoms with Gasteiger partial charge >= 0.3 is 6.09 Å². The van der Waals surface area contributed by atoms with Gasteiger partial charge < -0.3 is 15.0 Å². The van der Waals surface area contributed by atoms with Crippen LogP contribution in [0.5, 0.6) is 0 Å². The molecule has 1 aromatic heterocycles. The van der Waals surface area contributed by atoms with Crippen molar-refractivity contribution in [3.63, 3.8) is 0 Å². The summed E-state index contributed by atoms with van der Waals surface area (Å²) in [6.07, 6.45) is 2.73. The quantitative estimate of drug-likeness (QED) is 0.868. The fraction of sp³-hybridized carbons (Fsp3) is 0.500. The number of alkyl carbamates (subject to hydrolysis) is 1. The van der Waals surface area contributed by atoms with E-state index in [1.165, 1.54) is 6.20 Å². The van der Waals surface area contributed by atoms with Crippen molar-refractivity contribution in [1.82, 2.24) is 15.2 Å². The Bertz CT molecular complexity index is 524. The number of carbonyl (C=O) groups is 2. The van der Waals surface area contributed by atoms with Crippen molar-refractivity contribution in [2.45, 2.75) is 25.8 Å². The molecule has 0 aromatic carbocycles. The van der Waals surface area contributed by atoms with Crippen LogP contribution >= 0.6 is 11.6 Å². The van der Waals surface area contributed by atoms with E-state index in [1.807, 2.05) is 0 Å². The third kappa shape index (κ3) is 4.32. The molecule has 1 aromatic rings. The molecule has 7 heteroatoms. The van der Waals surface area contributed by atoms with Crippen LogP contribution in [0.25, 0.3) is 0 Å². The number of piperidine rings is 1. The molecule has 0 spiro atoms. The molecule has 6 nitrogen and oxygen atoms in total. The molecule has 1 aliphatic heterocycles. The Morgan fingerprint density at radius 3 is 3.10 bits per heavy atom. The molecule has 1 aliphatic rings. The number of hydrogen-bond donors (Lipinski definition) is 1. The maximum Gasteiger partial charge on any atom is 0.407 e. The number of amides is 2. The number of likely N-dealkylation sites (tertiary alicyclic amines) is 1. The third-order valence-corrected chi connectivity index (χ3v) is 3.49. The molecule has 2 amide bonds. The van der Waals surface area contributed by atoms with E-state index in [0.29, 0.717) is 30.4 Å². The predicted octanol–water partition coefficient (Wildman–Crippen LogP) is 2.09. The van der Waals surface area contributed by atoms with Crippen molar-refractivity contribution >= 4 is 23.6 Å². The number of aromatic nitrogens is 1. The van der Waals surface area contributed by atoms with Gasteiger partial charge in [0.1, 0.15) is 5.15 Å². The highest BCUT2D eigenvalue weighted by molar-refractivity contribution is 6.29. The Kier molecular flexibility index (Phi) is 5.38. The van der Waals surface area contributed by atoms with E-state index in [0.717, 1.165) is 12.8 Å². The predicted molar refractivity (Wildman–Crippen MR) is 78.3 cm³/mol. The average molecular weight is 312 g/mol. The Hall–Kier alpha value is -1.82. The maximum atomic E-state index is 12.4. The second kappa shape index (κ2) is 7.26. The van der Waals surface area contributed by atoms with Gasteiger partial charge in [0.05, 0.1) is 6.61 Å². The molecule has 114 valence electrons. The summed E-state index contributed by atoms with van der Waals surface area (Å²) in [4.78, 5) is 29.4. The van der Waals surface area contributed by atoms with Gasteiger partial charge in [-0.15, -0.1) is 0 Å². The minimum absolute atomic E-state index is 0.0842. The minimum atomic E-state index is -0.441. The third-order valence-electron chi connectivity index (χ3n) is 3.28. The first-order valence-electron chi connectivity index (χ1n) is 6.94. The molecule has 1 fully saturated rings. The van der Waals surface area contributed by atoms with Crippen LogP contribution in [-0.4, -0.2) is 47.6 Å². The second-order valence-electron chi connectivity index (χ2n) is 4.82. The Morgan fingerprint density at radius 2 is 2.38 bits per heavy atom. The minimum Gasteiger partial charge on any atom is -0.450 e. The molecule has 1 unspecified atom stereocenters. The monoisotopic (exact) mass is 311 g/mol. The highest BCUT2D eigenvalue weighted by Gasteiger charge is 2.25. The first-order valence-corrected chi connectivity index (χ1v) is 7.32. The SMILES string of the molecule is CCOC(=O)NC1CCCN(C(=O)c2ccnc(Cl)c2)C1. The second-order valence-corrected chi connectivity index (χ2v) is 5.21. The lowest BCUT2D eigenvalue weighted by molar-refractivity contribution is 0.0686. The molecular weight excluding hydrogens is 294 g/mol. The molecule has 1 N–H and O–H groups in total. The van der Waals surface area contributed by atoms with Gasteiger partial charge in [-0.25, -0.2) is 9.78 Å². The molecule has 2 heterocycles. The Balaban J connectivity index is 1.97. The zero-order chi connectivity index (χ0) is 15.2. The van der Waals surface area contributed by atoms with Crippen molar-refractivity contribution in [1.29, 1.82) is 0 Å². The highest BCUT2D eigenvalue weighted by Crippen LogP contribution is 2.15. The molecule has 1 atom stereocenters. The lowest BCUT2D eigenvalue weighted by Crippen LogP contribution is -2.49. The summed E-state index contributed by atoms with van der Waals surface area (Å²) in [6, 6.07) is 3.10. The smallest absolute Gasteiger partial charge is 0.407 e. The molecule has 0 saturated carbocycles. The number of rotatable bonds is 3. The summed E-state index contributed by atoms with van der Waals surface area (Å²) in [5.41, 5.74) is 0.506. The lowest BCUT2D eigenvalue weighted by Gasteiger charge is -2.33. The normalized spacial score (nSPS) is 18.2. The standard InChI is InChI=1S/C14H18ClN3O3/c1-2-21-14(20)17-11-4-3-7-18(9-11)13(19)10-5-6-16-12(15)8-10/h5-6,8,11H,2-4,7,9H2,1H3,(H,17,20). The molecule has 0 bridgehead atoms. The van der Waals surface area contributed by atoms with Crippen molar-refractivity contribution in [2.24, 2.45) is 0 Å². The van der Waals surface area contributed by atoms with Crippen molar-refractivity contribution in [3.05, 3.63) is 29.0 Å². The molecule has 21 heavy (non-hydrogen) atoms. The van der Waals surface area contributed by atoms with Crippen LogP contribution in [0.4, 0.5) is 4.79 Å². The molecule has 1 saturated heterocycles. The summed E-state index contributed by atoms with van der Waals surface area (Å²) in [5, 5.41) is 3.06. The number of carbonyl (C=O) groups excluding carboxylic acids is 2. The molecule has 0 aliphatic carbocycles. The van der Waals surface area contributed by atoms with Crippen LogP contribution < -0.4 is 5.32 Å².